The van der Waals surface area contributed by atoms with E-state index in [0.717, 1.165) is 38.5 Å². The molecule has 0 unspecified atom stereocenters. The Labute approximate surface area is 694 Å². The van der Waals surface area contributed by atoms with E-state index in [4.69, 9.17) is 57.7 Å². The summed E-state index contributed by atoms with van der Waals surface area (Å²) in [6.07, 6.45) is 59.6. The van der Waals surface area contributed by atoms with Gasteiger partial charge in [-0.25, -0.2) is 0 Å². The molecule has 0 aliphatic carbocycles. The number of carboxylic acid groups (broad SMARTS) is 6. The summed E-state index contributed by atoms with van der Waals surface area (Å²) in [6, 6.07) is 24.2. The Morgan fingerprint density at radius 1 is 0.215 bits per heavy atom. The van der Waals surface area contributed by atoms with Crippen LogP contribution >= 0.6 is 23.5 Å². The van der Waals surface area contributed by atoms with Crippen molar-refractivity contribution in [3.8, 4) is 0 Å². The summed E-state index contributed by atoms with van der Waals surface area (Å²) in [5.74, 6) is -6.10. The van der Waals surface area contributed by atoms with Gasteiger partial charge in [0.2, 0.25) is 0 Å². The predicted octanol–water partition coefficient (Wildman–Crippen LogP) is 4.77. The first kappa shape index (κ1) is 128. The van der Waals surface area contributed by atoms with Crippen molar-refractivity contribution in [3.63, 3.8) is 0 Å². The van der Waals surface area contributed by atoms with Crippen molar-refractivity contribution < 1.29 is 117 Å². The van der Waals surface area contributed by atoms with Crippen molar-refractivity contribution in [3.05, 3.63) is 108 Å². The van der Waals surface area contributed by atoms with Crippen LogP contribution in [0.25, 0.3) is 0 Å². The second-order valence-corrected chi connectivity index (χ2v) is 27.2. The standard InChI is InChI=1S/3C18H36O2.3C7H6O2.5Al.3H3O4P/c3*1-2-3-4-5-6-7-8-9-10-11-12-13-14-15-16-17-18(19)20;3*8-7(9)6-4-2-1-3-5-6;;;;;;3*1-5(2,3)4/h3*2-17H2,1H3,(H,19,20);3*1-5H,(H,8,9);;;;;;3*(H3,1,2,3,4)/q;;;;;;5*+3;;;/p-15. The van der Waals surface area contributed by atoms with Gasteiger partial charge in [-0.1, -0.05) is 381 Å². The predicted molar refractivity (Wildman–Crippen MR) is 398 cm³/mol. The largest absolute Gasteiger partial charge is 3.00 e. The minimum atomic E-state index is -5.39. The smallest absolute Gasteiger partial charge is 0.822 e. The van der Waals surface area contributed by atoms with Gasteiger partial charge in [0.25, 0.3) is 0 Å². The molecule has 0 aliphatic heterocycles. The quantitative estimate of drug-likeness (QED) is 0.0417. The van der Waals surface area contributed by atoms with Crippen LogP contribution in [0.15, 0.2) is 91.0 Å². The molecule has 594 valence electrons. The van der Waals surface area contributed by atoms with Gasteiger partial charge >= 0.3 is 86.8 Å². The zero-order valence-corrected chi connectivity index (χ0v) is 72.6. The van der Waals surface area contributed by atoms with Crippen molar-refractivity contribution in [1.29, 1.82) is 0 Å². The number of carbonyl (C=O) groups is 6. The van der Waals surface area contributed by atoms with Crippen LogP contribution < -0.4 is 74.7 Å². The summed E-state index contributed by atoms with van der Waals surface area (Å²) in [4.78, 5) is 138. The van der Waals surface area contributed by atoms with Crippen LogP contribution in [-0.4, -0.2) is 123 Å². The number of aliphatic carboxylic acids is 3. The second-order valence-electron chi connectivity index (χ2n) is 24.5. The van der Waals surface area contributed by atoms with Gasteiger partial charge in [-0.2, -0.15) is 23.5 Å². The average molecular weight is 1630 g/mol. The normalized spacial score (nSPS) is 9.98. The molecule has 0 saturated heterocycles. The molecule has 0 saturated carbocycles. The van der Waals surface area contributed by atoms with Gasteiger partial charge < -0.3 is 117 Å². The summed E-state index contributed by atoms with van der Waals surface area (Å²) in [6.45, 7) is 6.80. The summed E-state index contributed by atoms with van der Waals surface area (Å²) in [7, 11) is -16.2. The average Bonchev–Trinajstić information content (AvgIpc) is 0.958. The monoisotopic (exact) mass is 1630 g/mol. The maximum atomic E-state index is 10.2. The Bertz CT molecular complexity index is 2210. The number of aromatic carboxylic acids is 3. The van der Waals surface area contributed by atoms with E-state index in [1.54, 1.807) is 54.6 Å². The third-order valence-corrected chi connectivity index (χ3v) is 15.0. The van der Waals surface area contributed by atoms with Gasteiger partial charge in [0.05, 0.1) is 17.9 Å². The fourth-order valence-corrected chi connectivity index (χ4v) is 9.64. The SMILES string of the molecule is CCCCCCCCCCCCCCCCCC(=O)[O-].CCCCCCCCCCCCCCCCCC(=O)[O-].CCCCCCCCCCCCCCCCCC(=O)[O-].O=C([O-])c1ccccc1.O=C([O-])c1ccccc1.O=C([O-])c1ccccc1.O=P([O-])([O-])[O-].O=P([O-])([O-])[O-].O=P([O-])([O-])[O-].[Al+3].[Al+3].[Al+3].[Al+3].[Al+3]. The van der Waals surface area contributed by atoms with Gasteiger partial charge in [-0.3, -0.25) is 0 Å². The van der Waals surface area contributed by atoms with Crippen molar-refractivity contribution in [2.24, 2.45) is 0 Å². The maximum Gasteiger partial charge on any atom is 3.00 e. The van der Waals surface area contributed by atoms with Crippen LogP contribution in [0.4, 0.5) is 0 Å². The van der Waals surface area contributed by atoms with Crippen molar-refractivity contribution in [2.45, 2.75) is 329 Å². The number of hydrogen-bond acceptors (Lipinski definition) is 24. The molecule has 3 rings (SSSR count). The molecule has 3 aromatic rings. The van der Waals surface area contributed by atoms with E-state index in [1.165, 1.54) is 287 Å². The van der Waals surface area contributed by atoms with Crippen LogP contribution in [0.3, 0.4) is 0 Å². The Balaban J connectivity index is -0.000000112. The van der Waals surface area contributed by atoms with E-state index >= 15 is 0 Å². The third kappa shape index (κ3) is 149. The minimum absolute atomic E-state index is 0. The Hall–Kier alpha value is -2.53. The summed E-state index contributed by atoms with van der Waals surface area (Å²) < 4.78 is 25.6. The summed E-state index contributed by atoms with van der Waals surface area (Å²) in [5, 5.41) is 60.9. The Morgan fingerprint density at radius 2 is 0.318 bits per heavy atom. The van der Waals surface area contributed by atoms with Gasteiger partial charge in [0.1, 0.15) is 0 Å². The fourth-order valence-electron chi connectivity index (χ4n) is 9.64. The molecule has 0 spiro atoms. The maximum absolute atomic E-state index is 10.2. The molecule has 0 bridgehead atoms. The second kappa shape index (κ2) is 97.7. The van der Waals surface area contributed by atoms with E-state index in [9.17, 15) is 59.4 Å². The molecular formula is C75H120Al5O24P3. The molecule has 0 aliphatic rings. The first-order valence-corrected chi connectivity index (χ1v) is 41.2. The molecule has 3 aromatic carbocycles. The zero-order valence-electron chi connectivity index (χ0n) is 64.1. The molecule has 0 N–H and O–H groups in total. The van der Waals surface area contributed by atoms with Crippen molar-refractivity contribution in [2.75, 3.05) is 0 Å². The first-order chi connectivity index (χ1) is 48.2. The molecule has 24 nitrogen and oxygen atoms in total. The van der Waals surface area contributed by atoms with E-state index < -0.39 is 59.3 Å². The van der Waals surface area contributed by atoms with E-state index in [1.807, 2.05) is 0 Å². The fraction of sp³-hybridized carbons (Fsp3) is 0.680. The molecule has 0 fully saturated rings. The number of unbranched alkanes of at least 4 members (excludes halogenated alkanes) is 42. The first-order valence-electron chi connectivity index (χ1n) is 36.8. The van der Waals surface area contributed by atoms with Crippen LogP contribution in [0.5, 0.6) is 0 Å². The molecule has 0 atom stereocenters. The summed E-state index contributed by atoms with van der Waals surface area (Å²) >= 11 is 0. The number of carboxylic acids is 6. The van der Waals surface area contributed by atoms with Crippen LogP contribution in [-0.2, 0) is 28.1 Å². The van der Waals surface area contributed by atoms with Crippen LogP contribution in [0.2, 0.25) is 0 Å². The molecule has 0 aromatic heterocycles. The molecule has 32 heteroatoms. The van der Waals surface area contributed by atoms with Gasteiger partial charge in [0.15, 0.2) is 0 Å². The van der Waals surface area contributed by atoms with E-state index in [-0.39, 0.29) is 123 Å². The number of hydrogen-bond donors (Lipinski definition) is 0. The molecule has 0 heterocycles. The molecule has 0 amide bonds. The number of rotatable bonds is 51. The Kier molecular flexibility index (Phi) is 117. The summed E-state index contributed by atoms with van der Waals surface area (Å²) in [5.41, 5.74) is 0.660. The minimum Gasteiger partial charge on any atom is -0.822 e. The van der Waals surface area contributed by atoms with Gasteiger partial charge in [-0.15, -0.1) is 0 Å². The van der Waals surface area contributed by atoms with E-state index in [2.05, 4.69) is 20.8 Å². The van der Waals surface area contributed by atoms with E-state index in [0.29, 0.717) is 0 Å². The molecular weight excluding hydrogens is 1510 g/mol. The van der Waals surface area contributed by atoms with Crippen LogP contribution in [0.1, 0.15) is 360 Å². The molecule has 107 heavy (non-hydrogen) atoms. The van der Waals surface area contributed by atoms with Crippen LogP contribution in [0, 0.1) is 0 Å². The van der Waals surface area contributed by atoms with Gasteiger partial charge in [-0.05, 0) is 55.2 Å². The third-order valence-electron chi connectivity index (χ3n) is 15.0. The van der Waals surface area contributed by atoms with Crippen molar-refractivity contribution in [1.82, 2.24) is 0 Å². The number of carbonyl (C=O) groups excluding carboxylic acids is 6. The van der Waals surface area contributed by atoms with Gasteiger partial charge in [0, 0.05) is 17.9 Å². The topological polar surface area (TPSA) is 500 Å². The Morgan fingerprint density at radius 3 is 0.402 bits per heavy atom. The number of benzene rings is 3. The molecule has 0 radical (unpaired) electrons. The zero-order chi connectivity index (χ0) is 78.2. The van der Waals surface area contributed by atoms with Crippen molar-refractivity contribution >= 4 is 146 Å². The number of phosphoric acid groups is 3.